The van der Waals surface area contributed by atoms with E-state index >= 15 is 0 Å². The van der Waals surface area contributed by atoms with Crippen molar-refractivity contribution in [1.82, 2.24) is 19.5 Å². The van der Waals surface area contributed by atoms with Gasteiger partial charge in [-0.3, -0.25) is 9.97 Å². The predicted molar refractivity (Wildman–Crippen MR) is 275 cm³/mol. The zero-order chi connectivity index (χ0) is 50.4. The van der Waals surface area contributed by atoms with Crippen molar-refractivity contribution in [2.75, 3.05) is 44.7 Å². The Morgan fingerprint density at radius 3 is 1.65 bits per heavy atom. The Bertz CT molecular complexity index is 2830. The van der Waals surface area contributed by atoms with Gasteiger partial charge in [0.05, 0.1) is 57.1 Å². The van der Waals surface area contributed by atoms with E-state index in [1.807, 2.05) is 42.9 Å². The molecule has 7 rings (SSSR count). The number of hydrogen-bond donors (Lipinski definition) is 4. The zero-order valence-electron chi connectivity index (χ0n) is 37.0. The van der Waals surface area contributed by atoms with Crippen molar-refractivity contribution in [2.45, 2.75) is 35.7 Å². The molecular formula is C47H50F6N10O5S3. The maximum atomic E-state index is 12.5. The molecule has 3 aromatic heterocycles. The number of ether oxygens (including phenoxy) is 2. The number of anilines is 4. The minimum atomic E-state index is -4.32. The number of halogens is 6. The van der Waals surface area contributed by atoms with Crippen molar-refractivity contribution >= 4 is 93.1 Å². The number of oxime groups is 2. The molecule has 0 fully saturated rings. The van der Waals surface area contributed by atoms with Crippen LogP contribution in [-0.2, 0) is 16.7 Å². The minimum Gasteiger partial charge on any atom is -0.457 e. The summed E-state index contributed by atoms with van der Waals surface area (Å²) >= 11 is 4.04. The fourth-order valence-corrected chi connectivity index (χ4v) is 6.62. The molecule has 5 N–H and O–H groups in total. The summed E-state index contributed by atoms with van der Waals surface area (Å²) in [5.41, 5.74) is 2.69. The second-order valence-electron chi connectivity index (χ2n) is 13.0. The number of rotatable bonds is 14. The summed E-state index contributed by atoms with van der Waals surface area (Å²) in [6.45, 7) is 0. The van der Waals surface area contributed by atoms with Crippen molar-refractivity contribution in [3.8, 4) is 23.0 Å². The Labute approximate surface area is 420 Å². The number of nitrogens with two attached hydrogens (primary N) is 1. The lowest BCUT2D eigenvalue weighted by Crippen LogP contribution is -2.00. The number of imidazole rings is 1. The number of aromatic nitrogens is 4. The molecule has 0 atom stereocenters. The first-order chi connectivity index (χ1) is 33.0. The highest BCUT2D eigenvalue weighted by molar-refractivity contribution is 8.00. The summed E-state index contributed by atoms with van der Waals surface area (Å²) in [5.74, 6) is 3.01. The molecule has 0 aliphatic rings. The monoisotopic (exact) mass is 1040 g/mol. The largest absolute Gasteiger partial charge is 0.457 e. The van der Waals surface area contributed by atoms with E-state index in [-0.39, 0.29) is 48.2 Å². The number of hydrogen-bond acceptors (Lipinski definition) is 17. The lowest BCUT2D eigenvalue weighted by atomic mass is 10.2. The van der Waals surface area contributed by atoms with Gasteiger partial charge in [0.1, 0.15) is 37.2 Å². The predicted octanol–water partition coefficient (Wildman–Crippen LogP) is 13.5. The molecule has 0 saturated heterocycles. The molecule has 71 heavy (non-hydrogen) atoms. The van der Waals surface area contributed by atoms with E-state index in [9.17, 15) is 26.3 Å². The van der Waals surface area contributed by atoms with Gasteiger partial charge in [-0.2, -0.15) is 31.3 Å². The number of aliphatic imine (C=N–C) groups is 1. The van der Waals surface area contributed by atoms with Crippen LogP contribution in [0.3, 0.4) is 0 Å². The number of nitrogens with zero attached hydrogens (tertiary/aromatic N) is 7. The maximum Gasteiger partial charge on any atom is 0.446 e. The Balaban J connectivity index is 0.000000389. The number of nitrogen functional groups attached to an aromatic ring is 1. The molecule has 0 radical (unpaired) electrons. The SMILES string of the molecule is C.C.CNc1ccc(Oc2ccnc(/C=N\OC)c2)cc1N.CO.CO/N=C\c1cc(Oc2ccc3c(c2)nc(Nc2ccc(SC(F)(F)F)cc2)n3C)ccn1.FC(F)(F)Sc1ccc(N=C=S)cc1. The third-order valence-electron chi connectivity index (χ3n) is 8.29. The first-order valence-corrected chi connectivity index (χ1v) is 21.5. The summed E-state index contributed by atoms with van der Waals surface area (Å²) in [7, 11) is 7.58. The van der Waals surface area contributed by atoms with Crippen LogP contribution in [0.15, 0.2) is 147 Å². The third kappa shape index (κ3) is 20.6. The molecule has 0 spiro atoms. The summed E-state index contributed by atoms with van der Waals surface area (Å²) in [4.78, 5) is 26.0. The third-order valence-corrected chi connectivity index (χ3v) is 9.86. The van der Waals surface area contributed by atoms with Crippen LogP contribution in [0.5, 0.6) is 23.0 Å². The molecule has 0 aliphatic heterocycles. The van der Waals surface area contributed by atoms with Crippen LogP contribution in [0.25, 0.3) is 11.0 Å². The van der Waals surface area contributed by atoms with Crippen LogP contribution >= 0.6 is 35.7 Å². The van der Waals surface area contributed by atoms with Crippen LogP contribution in [0.2, 0.25) is 0 Å². The van der Waals surface area contributed by atoms with E-state index in [1.54, 1.807) is 60.9 Å². The van der Waals surface area contributed by atoms with Crippen molar-refractivity contribution in [2.24, 2.45) is 22.4 Å². The number of thioether (sulfide) groups is 2. The van der Waals surface area contributed by atoms with E-state index in [0.29, 0.717) is 62.9 Å². The molecule has 15 nitrogen and oxygen atoms in total. The summed E-state index contributed by atoms with van der Waals surface area (Å²) in [6.07, 6.45) is 6.22. The average Bonchev–Trinajstić information content (AvgIpc) is 3.62. The van der Waals surface area contributed by atoms with Crippen molar-refractivity contribution in [3.05, 3.63) is 133 Å². The van der Waals surface area contributed by atoms with Gasteiger partial charge in [0, 0.05) is 73.3 Å². The van der Waals surface area contributed by atoms with Crippen LogP contribution < -0.4 is 25.8 Å². The van der Waals surface area contributed by atoms with E-state index < -0.39 is 11.0 Å². The number of aliphatic hydroxyl groups is 1. The van der Waals surface area contributed by atoms with Gasteiger partial charge in [0.15, 0.2) is 0 Å². The number of thiocarbonyl (C=S) groups is 1. The lowest BCUT2D eigenvalue weighted by Gasteiger charge is -2.09. The highest BCUT2D eigenvalue weighted by atomic mass is 32.2. The first-order valence-electron chi connectivity index (χ1n) is 19.5. The fraction of sp³-hybridized carbons (Fsp3) is 0.191. The van der Waals surface area contributed by atoms with Gasteiger partial charge in [-0.1, -0.05) is 25.2 Å². The van der Waals surface area contributed by atoms with Crippen LogP contribution in [0, 0.1) is 0 Å². The summed E-state index contributed by atoms with van der Waals surface area (Å²) in [6, 6.07) is 29.5. The molecule has 0 saturated carbocycles. The van der Waals surface area contributed by atoms with Crippen LogP contribution in [-0.4, -0.2) is 81.6 Å². The van der Waals surface area contributed by atoms with E-state index in [0.717, 1.165) is 18.3 Å². The molecule has 378 valence electrons. The Morgan fingerprint density at radius 2 is 1.18 bits per heavy atom. The van der Waals surface area contributed by atoms with E-state index in [2.05, 4.69) is 67.9 Å². The highest BCUT2D eigenvalue weighted by Gasteiger charge is 2.29. The second kappa shape index (κ2) is 29.6. The molecule has 3 heterocycles. The van der Waals surface area contributed by atoms with Gasteiger partial charge in [0.2, 0.25) is 5.95 Å². The first kappa shape index (κ1) is 59.8. The smallest absolute Gasteiger partial charge is 0.446 e. The molecule has 0 aliphatic carbocycles. The number of aryl methyl sites for hydroxylation is 1. The molecule has 0 amide bonds. The normalized spacial score (nSPS) is 10.6. The van der Waals surface area contributed by atoms with Gasteiger partial charge >= 0.3 is 11.0 Å². The number of fused-ring (bicyclic) bond motifs is 1. The molecular weight excluding hydrogens is 995 g/mol. The highest BCUT2D eigenvalue weighted by Crippen LogP contribution is 2.38. The minimum absolute atomic E-state index is 0. The Kier molecular flexibility index (Phi) is 24.9. The second-order valence-corrected chi connectivity index (χ2v) is 15.4. The zero-order valence-corrected chi connectivity index (χ0v) is 39.4. The van der Waals surface area contributed by atoms with Crippen molar-refractivity contribution in [1.29, 1.82) is 0 Å². The van der Waals surface area contributed by atoms with E-state index in [1.165, 1.54) is 63.0 Å². The molecule has 4 aromatic carbocycles. The molecule has 7 aromatic rings. The topological polar surface area (TPSA) is 188 Å². The fourth-order valence-electron chi connectivity index (χ4n) is 5.44. The summed E-state index contributed by atoms with van der Waals surface area (Å²) in [5, 5.41) is 22.6. The summed E-state index contributed by atoms with van der Waals surface area (Å²) < 4.78 is 86.7. The number of alkyl halides is 6. The van der Waals surface area contributed by atoms with Crippen LogP contribution in [0.4, 0.5) is 55.0 Å². The number of pyridine rings is 2. The standard InChI is InChI=1S/C22H18F3N5O2S.C14H16N4O2.C8H4F3NS2.CH4O.2CH4/c1-30-20-8-5-16(32-17-9-10-26-15(11-17)13-27-31-2)12-19(20)29-21(30)28-14-3-6-18(7-4-14)33-22(23,24)25;1-16-14-4-3-11(8-13(14)15)20-12-5-6-17-10(7-12)9-18-19-2;9-8(10,11)14-7-3-1-6(2-4-7)12-5-13;1-2;;/h3-13H,1-2H3,(H,28,29);3-9,16H,15H2,1-2H3;1-4H;2H,1H3;2*1H4/b27-13-;18-9-;;;;. The average molecular weight is 1050 g/mol. The van der Waals surface area contributed by atoms with Crippen LogP contribution in [0.1, 0.15) is 26.2 Å². The van der Waals surface area contributed by atoms with E-state index in [4.69, 9.17) is 20.3 Å². The van der Waals surface area contributed by atoms with Crippen molar-refractivity contribution < 1.29 is 50.6 Å². The molecule has 0 unspecified atom stereocenters. The number of nitrogens with one attached hydrogen (secondary N) is 2. The van der Waals surface area contributed by atoms with Crippen molar-refractivity contribution in [3.63, 3.8) is 0 Å². The lowest BCUT2D eigenvalue weighted by molar-refractivity contribution is -0.0337. The maximum absolute atomic E-state index is 12.5. The molecule has 24 heteroatoms. The van der Waals surface area contributed by atoms with Gasteiger partial charge < -0.3 is 45.2 Å². The number of benzene rings is 4. The quantitative estimate of drug-likeness (QED) is 0.0201. The Morgan fingerprint density at radius 1 is 0.704 bits per heavy atom. The number of aliphatic hydroxyl groups excluding tert-OH is 1. The Hall–Kier alpha value is -7.37. The van der Waals surface area contributed by atoms with Gasteiger partial charge in [-0.05, 0) is 121 Å². The van der Waals surface area contributed by atoms with Gasteiger partial charge in [-0.25, -0.2) is 4.98 Å². The number of isothiocyanates is 1. The van der Waals surface area contributed by atoms with Gasteiger partial charge in [-0.15, -0.1) is 0 Å². The van der Waals surface area contributed by atoms with Gasteiger partial charge in [0.25, 0.3) is 0 Å². The molecule has 0 bridgehead atoms.